The largest absolute Gasteiger partial charge is 0.356 e. The second kappa shape index (κ2) is 10.5. The summed E-state index contributed by atoms with van der Waals surface area (Å²) in [5.74, 6) is 3.13. The zero-order valence-electron chi connectivity index (χ0n) is 10.3. The Morgan fingerprint density at radius 3 is 2.62 bits per heavy atom. The van der Waals surface area contributed by atoms with Gasteiger partial charge >= 0.3 is 0 Å². The normalized spacial score (nSPS) is 15.5. The number of thioether (sulfide) groups is 1. The van der Waals surface area contributed by atoms with Crippen molar-refractivity contribution in [3.8, 4) is 0 Å². The van der Waals surface area contributed by atoms with Crippen LogP contribution in [0, 0.1) is 5.92 Å². The van der Waals surface area contributed by atoms with Gasteiger partial charge in [0, 0.05) is 20.1 Å². The summed E-state index contributed by atoms with van der Waals surface area (Å²) in [5.41, 5.74) is 0. The lowest BCUT2D eigenvalue weighted by atomic mass is 10.3. The van der Waals surface area contributed by atoms with Crippen LogP contribution in [0.15, 0.2) is 4.99 Å². The summed E-state index contributed by atoms with van der Waals surface area (Å²) < 4.78 is 0. The first kappa shape index (κ1) is 16.4. The fourth-order valence-electron chi connectivity index (χ4n) is 1.36. The molecule has 1 aliphatic carbocycles. The molecule has 1 aliphatic rings. The molecule has 0 radical (unpaired) electrons. The van der Waals surface area contributed by atoms with Crippen LogP contribution in [-0.4, -0.2) is 38.1 Å². The summed E-state index contributed by atoms with van der Waals surface area (Å²) >= 11 is 1.92. The third-order valence-electron chi connectivity index (χ3n) is 2.55. The minimum absolute atomic E-state index is 0. The van der Waals surface area contributed by atoms with Crippen molar-refractivity contribution in [2.75, 3.05) is 32.1 Å². The highest BCUT2D eigenvalue weighted by Gasteiger charge is 2.20. The van der Waals surface area contributed by atoms with Crippen molar-refractivity contribution in [1.29, 1.82) is 0 Å². The van der Waals surface area contributed by atoms with Gasteiger partial charge in [0.1, 0.15) is 0 Å². The first-order valence-electron chi connectivity index (χ1n) is 5.80. The molecule has 0 aromatic carbocycles. The predicted octanol–water partition coefficient (Wildman–Crippen LogP) is 2.32. The van der Waals surface area contributed by atoms with Gasteiger partial charge in [-0.25, -0.2) is 0 Å². The minimum atomic E-state index is 0. The van der Waals surface area contributed by atoms with E-state index in [1.807, 2.05) is 18.8 Å². The monoisotopic (exact) mass is 357 g/mol. The molecule has 96 valence electrons. The highest BCUT2D eigenvalue weighted by molar-refractivity contribution is 14.0. The third-order valence-corrected chi connectivity index (χ3v) is 3.24. The van der Waals surface area contributed by atoms with Crippen LogP contribution in [0.1, 0.15) is 25.7 Å². The SMILES string of the molecule is CN=C(NCCCCSC)NCC1CC1.I. The van der Waals surface area contributed by atoms with Crippen LogP contribution in [-0.2, 0) is 0 Å². The molecule has 0 saturated heterocycles. The van der Waals surface area contributed by atoms with Gasteiger partial charge in [0.25, 0.3) is 0 Å². The number of unbranched alkanes of at least 4 members (excludes halogenated alkanes) is 1. The first-order chi connectivity index (χ1) is 7.36. The Morgan fingerprint density at radius 2 is 2.06 bits per heavy atom. The van der Waals surface area contributed by atoms with Gasteiger partial charge in [0.05, 0.1) is 0 Å². The number of guanidine groups is 1. The Bertz CT molecular complexity index is 196. The Kier molecular flexibility index (Phi) is 10.7. The van der Waals surface area contributed by atoms with Crippen molar-refractivity contribution in [2.45, 2.75) is 25.7 Å². The lowest BCUT2D eigenvalue weighted by molar-refractivity contribution is 0.709. The van der Waals surface area contributed by atoms with E-state index in [-0.39, 0.29) is 24.0 Å². The van der Waals surface area contributed by atoms with Crippen LogP contribution in [0.2, 0.25) is 0 Å². The summed E-state index contributed by atoms with van der Waals surface area (Å²) in [4.78, 5) is 4.19. The van der Waals surface area contributed by atoms with Crippen molar-refractivity contribution in [2.24, 2.45) is 10.9 Å². The first-order valence-corrected chi connectivity index (χ1v) is 7.19. The molecular weight excluding hydrogens is 333 g/mol. The fraction of sp³-hybridized carbons (Fsp3) is 0.909. The molecule has 3 nitrogen and oxygen atoms in total. The van der Waals surface area contributed by atoms with E-state index in [0.717, 1.165) is 25.0 Å². The van der Waals surface area contributed by atoms with Gasteiger partial charge in [-0.15, -0.1) is 24.0 Å². The van der Waals surface area contributed by atoms with Gasteiger partial charge < -0.3 is 10.6 Å². The average molecular weight is 357 g/mol. The van der Waals surface area contributed by atoms with Gasteiger partial charge in [-0.2, -0.15) is 11.8 Å². The number of nitrogens with one attached hydrogen (secondary N) is 2. The van der Waals surface area contributed by atoms with Crippen molar-refractivity contribution in [1.82, 2.24) is 10.6 Å². The van der Waals surface area contributed by atoms with Crippen LogP contribution < -0.4 is 10.6 Å². The second-order valence-electron chi connectivity index (χ2n) is 4.02. The fourth-order valence-corrected chi connectivity index (χ4v) is 1.85. The van der Waals surface area contributed by atoms with Crippen molar-refractivity contribution >= 4 is 41.7 Å². The van der Waals surface area contributed by atoms with E-state index in [1.165, 1.54) is 31.4 Å². The molecule has 0 bridgehead atoms. The summed E-state index contributed by atoms with van der Waals surface area (Å²) in [6.45, 7) is 2.12. The Morgan fingerprint density at radius 1 is 1.31 bits per heavy atom. The molecule has 2 N–H and O–H groups in total. The smallest absolute Gasteiger partial charge is 0.190 e. The molecule has 1 saturated carbocycles. The van der Waals surface area contributed by atoms with Gasteiger partial charge in [0.2, 0.25) is 0 Å². The molecule has 5 heteroatoms. The molecule has 0 spiro atoms. The lowest BCUT2D eigenvalue weighted by Crippen LogP contribution is -2.38. The van der Waals surface area contributed by atoms with Crippen LogP contribution >= 0.6 is 35.7 Å². The predicted molar refractivity (Wildman–Crippen MR) is 85.1 cm³/mol. The Labute approximate surface area is 121 Å². The highest BCUT2D eigenvalue weighted by atomic mass is 127. The van der Waals surface area contributed by atoms with Crippen molar-refractivity contribution in [3.05, 3.63) is 0 Å². The van der Waals surface area contributed by atoms with E-state index in [9.17, 15) is 0 Å². The van der Waals surface area contributed by atoms with E-state index in [0.29, 0.717) is 0 Å². The van der Waals surface area contributed by atoms with E-state index in [1.54, 1.807) is 0 Å². The quantitative estimate of drug-likeness (QED) is 0.318. The standard InChI is InChI=1S/C11H23N3S.HI/c1-12-11(14-9-10-5-6-10)13-7-3-4-8-15-2;/h10H,3-9H2,1-2H3,(H2,12,13,14);1H. The van der Waals surface area contributed by atoms with Crippen molar-refractivity contribution < 1.29 is 0 Å². The molecule has 0 amide bonds. The molecule has 0 atom stereocenters. The number of rotatable bonds is 7. The van der Waals surface area contributed by atoms with E-state index in [4.69, 9.17) is 0 Å². The topological polar surface area (TPSA) is 36.4 Å². The maximum Gasteiger partial charge on any atom is 0.190 e. The number of nitrogens with zero attached hydrogens (tertiary/aromatic N) is 1. The van der Waals surface area contributed by atoms with Crippen LogP contribution in [0.4, 0.5) is 0 Å². The summed E-state index contributed by atoms with van der Waals surface area (Å²) in [6, 6.07) is 0. The molecule has 0 unspecified atom stereocenters. The molecule has 0 aliphatic heterocycles. The lowest BCUT2D eigenvalue weighted by Gasteiger charge is -2.10. The number of halogens is 1. The van der Waals surface area contributed by atoms with Crippen LogP contribution in [0.25, 0.3) is 0 Å². The maximum absolute atomic E-state index is 4.19. The van der Waals surface area contributed by atoms with Crippen molar-refractivity contribution in [3.63, 3.8) is 0 Å². The maximum atomic E-state index is 4.19. The van der Waals surface area contributed by atoms with Gasteiger partial charge in [-0.3, -0.25) is 4.99 Å². The molecular formula is C11H24IN3S. The molecule has 16 heavy (non-hydrogen) atoms. The number of hydrogen-bond acceptors (Lipinski definition) is 2. The summed E-state index contributed by atoms with van der Waals surface area (Å²) in [7, 11) is 1.84. The van der Waals surface area contributed by atoms with E-state index in [2.05, 4.69) is 21.9 Å². The second-order valence-corrected chi connectivity index (χ2v) is 5.01. The highest BCUT2D eigenvalue weighted by Crippen LogP contribution is 2.27. The molecule has 0 heterocycles. The van der Waals surface area contributed by atoms with Gasteiger partial charge in [-0.05, 0) is 43.6 Å². The van der Waals surface area contributed by atoms with Crippen LogP contribution in [0.5, 0.6) is 0 Å². The zero-order chi connectivity index (χ0) is 10.9. The third kappa shape index (κ3) is 8.50. The molecule has 1 fully saturated rings. The van der Waals surface area contributed by atoms with Gasteiger partial charge in [-0.1, -0.05) is 0 Å². The summed E-state index contributed by atoms with van der Waals surface area (Å²) in [5, 5.41) is 6.70. The van der Waals surface area contributed by atoms with E-state index < -0.39 is 0 Å². The average Bonchev–Trinajstić information content (AvgIpc) is 3.06. The minimum Gasteiger partial charge on any atom is -0.356 e. The number of hydrogen-bond donors (Lipinski definition) is 2. The van der Waals surface area contributed by atoms with E-state index >= 15 is 0 Å². The van der Waals surface area contributed by atoms with Gasteiger partial charge in [0.15, 0.2) is 5.96 Å². The van der Waals surface area contributed by atoms with Crippen LogP contribution in [0.3, 0.4) is 0 Å². The summed E-state index contributed by atoms with van der Waals surface area (Å²) in [6.07, 6.45) is 7.44. The Hall–Kier alpha value is 0.350. The molecule has 0 aromatic rings. The Balaban J connectivity index is 0.00000225. The zero-order valence-corrected chi connectivity index (χ0v) is 13.4. The number of aliphatic imine (C=N–C) groups is 1. The molecule has 1 rings (SSSR count). The molecule has 0 aromatic heterocycles.